The molecule has 2 amide bonds. The SMILES string of the molecule is O=C(N1CCC(O)(Cn2cnc(-c3ccccc3)cc2=O)C2(CCCC2)C1)N1CCNCC1c1ccccc1. The normalized spacial score (nSPS) is 24.7. The van der Waals surface area contributed by atoms with Crippen molar-refractivity contribution in [3.63, 3.8) is 0 Å². The highest BCUT2D eigenvalue weighted by atomic mass is 16.3. The van der Waals surface area contributed by atoms with Gasteiger partial charge in [-0.05, 0) is 24.8 Å². The van der Waals surface area contributed by atoms with E-state index in [0.29, 0.717) is 31.7 Å². The maximum absolute atomic E-state index is 13.9. The van der Waals surface area contributed by atoms with Crippen LogP contribution in [0.15, 0.2) is 77.9 Å². The summed E-state index contributed by atoms with van der Waals surface area (Å²) in [4.78, 5) is 35.6. The lowest BCUT2D eigenvalue weighted by Crippen LogP contribution is -2.64. The third-order valence-electron chi connectivity index (χ3n) is 9.16. The van der Waals surface area contributed by atoms with Gasteiger partial charge in [-0.25, -0.2) is 9.78 Å². The van der Waals surface area contributed by atoms with Crippen LogP contribution >= 0.6 is 0 Å². The van der Waals surface area contributed by atoms with Crippen LogP contribution < -0.4 is 10.9 Å². The van der Waals surface area contributed by atoms with E-state index in [1.807, 2.05) is 58.3 Å². The van der Waals surface area contributed by atoms with Crippen molar-refractivity contribution in [2.24, 2.45) is 5.41 Å². The number of aliphatic hydroxyl groups is 1. The first-order valence-electron chi connectivity index (χ1n) is 14.1. The Bertz CT molecular complexity index is 1360. The van der Waals surface area contributed by atoms with Gasteiger partial charge in [0.1, 0.15) is 0 Å². The van der Waals surface area contributed by atoms with Crippen LogP contribution in [0, 0.1) is 5.41 Å². The molecule has 0 bridgehead atoms. The number of urea groups is 1. The summed E-state index contributed by atoms with van der Waals surface area (Å²) in [5.74, 6) is 0. The molecule has 3 fully saturated rings. The molecule has 8 heteroatoms. The molecule has 3 aromatic rings. The van der Waals surface area contributed by atoms with E-state index in [-0.39, 0.29) is 24.2 Å². The number of nitrogens with one attached hydrogen (secondary N) is 1. The Morgan fingerprint density at radius 1 is 1.00 bits per heavy atom. The fourth-order valence-electron chi connectivity index (χ4n) is 6.94. The topological polar surface area (TPSA) is 90.7 Å². The van der Waals surface area contributed by atoms with E-state index in [4.69, 9.17) is 0 Å². The highest BCUT2D eigenvalue weighted by Gasteiger charge is 2.56. The smallest absolute Gasteiger partial charge is 0.320 e. The van der Waals surface area contributed by atoms with Crippen LogP contribution in [0.25, 0.3) is 11.3 Å². The number of likely N-dealkylation sites (tertiary alicyclic amines) is 1. The molecular weight excluding hydrogens is 490 g/mol. The van der Waals surface area contributed by atoms with Gasteiger partial charge in [0, 0.05) is 49.8 Å². The molecule has 2 saturated heterocycles. The predicted octanol–water partition coefficient (Wildman–Crippen LogP) is 3.67. The van der Waals surface area contributed by atoms with Crippen LogP contribution in [0.5, 0.6) is 0 Å². The van der Waals surface area contributed by atoms with E-state index in [1.165, 1.54) is 0 Å². The summed E-state index contributed by atoms with van der Waals surface area (Å²) in [5, 5.41) is 15.6. The molecule has 204 valence electrons. The number of amides is 2. The van der Waals surface area contributed by atoms with Crippen molar-refractivity contribution in [1.29, 1.82) is 0 Å². The lowest BCUT2D eigenvalue weighted by atomic mass is 9.66. The molecule has 2 atom stereocenters. The summed E-state index contributed by atoms with van der Waals surface area (Å²) in [6.45, 7) is 3.32. The highest BCUT2D eigenvalue weighted by molar-refractivity contribution is 5.75. The molecule has 2 aliphatic heterocycles. The van der Waals surface area contributed by atoms with Gasteiger partial charge in [0.05, 0.1) is 30.2 Å². The first-order valence-corrected chi connectivity index (χ1v) is 14.1. The zero-order valence-corrected chi connectivity index (χ0v) is 22.3. The fourth-order valence-corrected chi connectivity index (χ4v) is 6.94. The molecule has 0 radical (unpaired) electrons. The van der Waals surface area contributed by atoms with Crippen molar-refractivity contribution < 1.29 is 9.90 Å². The van der Waals surface area contributed by atoms with E-state index >= 15 is 0 Å². The Kier molecular flexibility index (Phi) is 6.99. The number of benzene rings is 2. The summed E-state index contributed by atoms with van der Waals surface area (Å²) < 4.78 is 1.55. The molecule has 8 nitrogen and oxygen atoms in total. The molecule has 3 aliphatic rings. The fraction of sp³-hybridized carbons (Fsp3) is 0.452. The predicted molar refractivity (Wildman–Crippen MR) is 150 cm³/mol. The minimum Gasteiger partial charge on any atom is -0.387 e. The molecule has 1 saturated carbocycles. The zero-order valence-electron chi connectivity index (χ0n) is 22.3. The molecule has 1 aromatic heterocycles. The Hall–Kier alpha value is -3.49. The molecule has 6 rings (SSSR count). The van der Waals surface area contributed by atoms with Gasteiger partial charge in [-0.3, -0.25) is 9.36 Å². The molecule has 1 aliphatic carbocycles. The summed E-state index contributed by atoms with van der Waals surface area (Å²) in [6.07, 6.45) is 5.74. The average Bonchev–Trinajstić information content (AvgIpc) is 3.46. The van der Waals surface area contributed by atoms with Crippen LogP contribution in [0.2, 0.25) is 0 Å². The minimum absolute atomic E-state index is 0.0134. The van der Waals surface area contributed by atoms with Crippen LogP contribution in [-0.2, 0) is 6.54 Å². The Morgan fingerprint density at radius 3 is 2.44 bits per heavy atom. The number of piperazine rings is 1. The summed E-state index contributed by atoms with van der Waals surface area (Å²) in [7, 11) is 0. The second-order valence-corrected chi connectivity index (χ2v) is 11.4. The monoisotopic (exact) mass is 527 g/mol. The molecule has 1 spiro atoms. The summed E-state index contributed by atoms with van der Waals surface area (Å²) in [6, 6.07) is 21.4. The van der Waals surface area contributed by atoms with Gasteiger partial charge in [0.25, 0.3) is 5.56 Å². The number of carbonyl (C=O) groups is 1. The first-order chi connectivity index (χ1) is 19.0. The number of hydrogen-bond acceptors (Lipinski definition) is 5. The van der Waals surface area contributed by atoms with E-state index < -0.39 is 11.0 Å². The lowest BCUT2D eigenvalue weighted by Gasteiger charge is -2.53. The third-order valence-corrected chi connectivity index (χ3v) is 9.16. The van der Waals surface area contributed by atoms with Crippen molar-refractivity contribution in [3.05, 3.63) is 89.0 Å². The Labute approximate surface area is 229 Å². The van der Waals surface area contributed by atoms with Crippen molar-refractivity contribution in [2.45, 2.75) is 50.3 Å². The maximum atomic E-state index is 13.9. The zero-order chi connectivity index (χ0) is 26.9. The van der Waals surface area contributed by atoms with Gasteiger partial charge in [-0.15, -0.1) is 0 Å². The molecule has 2 unspecified atom stereocenters. The third kappa shape index (κ3) is 4.87. The van der Waals surface area contributed by atoms with E-state index in [1.54, 1.807) is 17.0 Å². The maximum Gasteiger partial charge on any atom is 0.320 e. The van der Waals surface area contributed by atoms with Crippen molar-refractivity contribution in [3.8, 4) is 11.3 Å². The largest absolute Gasteiger partial charge is 0.387 e. The number of nitrogens with zero attached hydrogens (tertiary/aromatic N) is 4. The van der Waals surface area contributed by atoms with Crippen molar-refractivity contribution in [2.75, 3.05) is 32.7 Å². The Morgan fingerprint density at radius 2 is 1.72 bits per heavy atom. The van der Waals surface area contributed by atoms with Crippen LogP contribution in [-0.4, -0.2) is 68.8 Å². The van der Waals surface area contributed by atoms with Gasteiger partial charge in [0.2, 0.25) is 0 Å². The summed E-state index contributed by atoms with van der Waals surface area (Å²) in [5.41, 5.74) is 0.963. The van der Waals surface area contributed by atoms with Gasteiger partial charge in [0.15, 0.2) is 0 Å². The van der Waals surface area contributed by atoms with Gasteiger partial charge in [-0.2, -0.15) is 0 Å². The highest BCUT2D eigenvalue weighted by Crippen LogP contribution is 2.51. The van der Waals surface area contributed by atoms with Crippen molar-refractivity contribution in [1.82, 2.24) is 24.7 Å². The summed E-state index contributed by atoms with van der Waals surface area (Å²) >= 11 is 0. The van der Waals surface area contributed by atoms with Gasteiger partial charge < -0.3 is 20.2 Å². The lowest BCUT2D eigenvalue weighted by molar-refractivity contribution is -0.137. The van der Waals surface area contributed by atoms with Crippen LogP contribution in [0.1, 0.15) is 43.7 Å². The first kappa shape index (κ1) is 25.8. The second-order valence-electron chi connectivity index (χ2n) is 11.4. The van der Waals surface area contributed by atoms with Crippen molar-refractivity contribution >= 4 is 6.03 Å². The Balaban J connectivity index is 1.23. The van der Waals surface area contributed by atoms with Gasteiger partial charge >= 0.3 is 6.03 Å². The number of hydrogen-bond donors (Lipinski definition) is 2. The van der Waals surface area contributed by atoms with Gasteiger partial charge in [-0.1, -0.05) is 73.5 Å². The van der Waals surface area contributed by atoms with E-state index in [9.17, 15) is 14.7 Å². The molecular formula is C31H37N5O3. The van der Waals surface area contributed by atoms with E-state index in [0.717, 1.165) is 49.9 Å². The molecule has 39 heavy (non-hydrogen) atoms. The second kappa shape index (κ2) is 10.6. The number of aromatic nitrogens is 2. The molecule has 2 N–H and O–H groups in total. The molecule has 3 heterocycles. The standard InChI is InChI=1S/C31H37N5O3/c37-28-19-26(24-9-3-1-4-10-24)33-23-35(28)22-31(39)15-17-34(21-30(31)13-7-8-14-30)29(38)36-18-16-32-20-27(36)25-11-5-2-6-12-25/h1-6,9-12,19,23,27,32,39H,7-8,13-18,20-22H2. The quantitative estimate of drug-likeness (QED) is 0.540. The average molecular weight is 528 g/mol. The number of carbonyl (C=O) groups excluding carboxylic acids is 1. The number of rotatable bonds is 4. The number of piperidine rings is 1. The molecule has 2 aromatic carbocycles. The van der Waals surface area contributed by atoms with Crippen LogP contribution in [0.4, 0.5) is 4.79 Å². The van der Waals surface area contributed by atoms with E-state index in [2.05, 4.69) is 22.4 Å². The van der Waals surface area contributed by atoms with Crippen LogP contribution in [0.3, 0.4) is 0 Å². The minimum atomic E-state index is -1.08.